The van der Waals surface area contributed by atoms with Gasteiger partial charge >= 0.3 is 0 Å². The Bertz CT molecular complexity index is 278. The summed E-state index contributed by atoms with van der Waals surface area (Å²) in [6.07, 6.45) is 2.96. The molecule has 0 bridgehead atoms. The zero-order valence-corrected chi connectivity index (χ0v) is 9.68. The van der Waals surface area contributed by atoms with E-state index in [1.807, 2.05) is 17.9 Å². The van der Waals surface area contributed by atoms with Crippen molar-refractivity contribution in [2.75, 3.05) is 0 Å². The summed E-state index contributed by atoms with van der Waals surface area (Å²) in [5, 5.41) is 4.64. The molecule has 0 aliphatic carbocycles. The molecule has 0 spiro atoms. The molecule has 0 saturated heterocycles. The van der Waals surface area contributed by atoms with E-state index in [1.165, 1.54) is 11.3 Å². The molecule has 0 saturated carbocycles. The van der Waals surface area contributed by atoms with Gasteiger partial charge in [-0.05, 0) is 24.8 Å². The number of hydrogen-bond donors (Lipinski definition) is 1. The summed E-state index contributed by atoms with van der Waals surface area (Å²) in [7, 11) is 1.97. The first-order chi connectivity index (χ1) is 6.02. The molecular formula is C10H18N2S. The van der Waals surface area contributed by atoms with Crippen molar-refractivity contribution in [3.63, 3.8) is 0 Å². The third kappa shape index (κ3) is 2.50. The van der Waals surface area contributed by atoms with Crippen molar-refractivity contribution in [1.29, 1.82) is 0 Å². The van der Waals surface area contributed by atoms with Gasteiger partial charge in [0.1, 0.15) is 0 Å². The average molecular weight is 198 g/mol. The Morgan fingerprint density at radius 1 is 1.54 bits per heavy atom. The van der Waals surface area contributed by atoms with Crippen molar-refractivity contribution < 1.29 is 0 Å². The molecule has 1 unspecified atom stereocenters. The normalized spacial score (nSPS) is 13.7. The molecule has 1 rings (SSSR count). The average Bonchev–Trinajstić information content (AvgIpc) is 2.36. The first kappa shape index (κ1) is 10.6. The fourth-order valence-electron chi connectivity index (χ4n) is 1.21. The van der Waals surface area contributed by atoms with Crippen molar-refractivity contribution in [2.24, 2.45) is 13.0 Å². The fourth-order valence-corrected chi connectivity index (χ4v) is 1.40. The molecule has 1 aromatic heterocycles. The van der Waals surface area contributed by atoms with Crippen LogP contribution in [0.1, 0.15) is 25.1 Å². The summed E-state index contributed by atoms with van der Waals surface area (Å²) in [5.41, 5.74) is 2.57. The van der Waals surface area contributed by atoms with E-state index in [9.17, 15) is 0 Å². The Kier molecular flexibility index (Phi) is 3.42. The van der Waals surface area contributed by atoms with Gasteiger partial charge in [0.15, 0.2) is 0 Å². The minimum Gasteiger partial charge on any atom is -0.273 e. The topological polar surface area (TPSA) is 17.8 Å². The van der Waals surface area contributed by atoms with Crippen LogP contribution in [0, 0.1) is 12.8 Å². The molecule has 74 valence electrons. The van der Waals surface area contributed by atoms with Gasteiger partial charge in [-0.3, -0.25) is 4.68 Å². The first-order valence-electron chi connectivity index (χ1n) is 4.68. The van der Waals surface area contributed by atoms with E-state index in [0.717, 1.165) is 6.42 Å². The molecule has 0 radical (unpaired) electrons. The minimum absolute atomic E-state index is 0.433. The second kappa shape index (κ2) is 4.18. The van der Waals surface area contributed by atoms with E-state index in [-0.39, 0.29) is 0 Å². The molecule has 1 aromatic rings. The molecule has 13 heavy (non-hydrogen) atoms. The fraction of sp³-hybridized carbons (Fsp3) is 0.700. The van der Waals surface area contributed by atoms with Crippen LogP contribution >= 0.6 is 12.6 Å². The van der Waals surface area contributed by atoms with Gasteiger partial charge in [0.25, 0.3) is 0 Å². The summed E-state index contributed by atoms with van der Waals surface area (Å²) < 4.78 is 1.91. The Labute approximate surface area is 85.7 Å². The second-order valence-electron chi connectivity index (χ2n) is 3.89. The number of hydrogen-bond acceptors (Lipinski definition) is 2. The van der Waals surface area contributed by atoms with E-state index in [0.29, 0.717) is 11.2 Å². The quantitative estimate of drug-likeness (QED) is 0.737. The van der Waals surface area contributed by atoms with Crippen molar-refractivity contribution in [2.45, 2.75) is 32.4 Å². The molecule has 1 heterocycles. The third-order valence-corrected chi connectivity index (χ3v) is 3.31. The van der Waals surface area contributed by atoms with Crippen LogP contribution in [-0.4, -0.2) is 15.0 Å². The van der Waals surface area contributed by atoms with Gasteiger partial charge in [-0.2, -0.15) is 17.7 Å². The van der Waals surface area contributed by atoms with Crippen LogP contribution in [0.3, 0.4) is 0 Å². The number of aromatic nitrogens is 2. The van der Waals surface area contributed by atoms with E-state index < -0.39 is 0 Å². The lowest BCUT2D eigenvalue weighted by molar-refractivity contribution is 0.606. The smallest absolute Gasteiger partial charge is 0.0524 e. The Morgan fingerprint density at radius 2 is 2.15 bits per heavy atom. The summed E-state index contributed by atoms with van der Waals surface area (Å²) in [4.78, 5) is 0. The van der Waals surface area contributed by atoms with E-state index >= 15 is 0 Å². The van der Waals surface area contributed by atoms with Crippen molar-refractivity contribution in [1.82, 2.24) is 9.78 Å². The highest BCUT2D eigenvalue weighted by molar-refractivity contribution is 7.81. The highest BCUT2D eigenvalue weighted by Crippen LogP contribution is 2.17. The predicted molar refractivity (Wildman–Crippen MR) is 59.3 cm³/mol. The molecule has 0 N–H and O–H groups in total. The largest absolute Gasteiger partial charge is 0.273 e. The molecule has 1 atom stereocenters. The summed E-state index contributed by atoms with van der Waals surface area (Å²) in [5.74, 6) is 0.614. The van der Waals surface area contributed by atoms with Crippen LogP contribution in [0.25, 0.3) is 0 Å². The van der Waals surface area contributed by atoms with Crippen LogP contribution < -0.4 is 0 Å². The Morgan fingerprint density at radius 3 is 2.54 bits per heavy atom. The second-order valence-corrected chi connectivity index (χ2v) is 4.56. The monoisotopic (exact) mass is 198 g/mol. The standard InChI is InChI=1S/C10H18N2S/c1-7(2)10(13)5-9-6-11-12(4)8(9)3/h6-7,10,13H,5H2,1-4H3. The van der Waals surface area contributed by atoms with Crippen LogP contribution in [0.4, 0.5) is 0 Å². The van der Waals surface area contributed by atoms with Gasteiger partial charge in [0, 0.05) is 18.0 Å². The number of aryl methyl sites for hydroxylation is 1. The van der Waals surface area contributed by atoms with Crippen molar-refractivity contribution in [3.05, 3.63) is 17.5 Å². The highest BCUT2D eigenvalue weighted by atomic mass is 32.1. The van der Waals surface area contributed by atoms with Crippen LogP contribution in [0.15, 0.2) is 6.20 Å². The SMILES string of the molecule is Cc1c(CC(S)C(C)C)cnn1C. The lowest BCUT2D eigenvalue weighted by atomic mass is 10.0. The van der Waals surface area contributed by atoms with Crippen LogP contribution in [0.2, 0.25) is 0 Å². The maximum Gasteiger partial charge on any atom is 0.0524 e. The lowest BCUT2D eigenvalue weighted by Crippen LogP contribution is -2.11. The van der Waals surface area contributed by atoms with Gasteiger partial charge in [0.2, 0.25) is 0 Å². The van der Waals surface area contributed by atoms with Gasteiger partial charge in [-0.25, -0.2) is 0 Å². The lowest BCUT2D eigenvalue weighted by Gasteiger charge is -2.13. The number of rotatable bonds is 3. The van der Waals surface area contributed by atoms with E-state index in [1.54, 1.807) is 0 Å². The minimum atomic E-state index is 0.433. The van der Waals surface area contributed by atoms with Crippen molar-refractivity contribution in [3.8, 4) is 0 Å². The zero-order chi connectivity index (χ0) is 10.0. The molecule has 0 aliphatic heterocycles. The van der Waals surface area contributed by atoms with Gasteiger partial charge in [0.05, 0.1) is 6.20 Å². The van der Waals surface area contributed by atoms with Gasteiger partial charge in [-0.1, -0.05) is 13.8 Å². The highest BCUT2D eigenvalue weighted by Gasteiger charge is 2.12. The number of thiol groups is 1. The third-order valence-electron chi connectivity index (χ3n) is 2.54. The maximum atomic E-state index is 4.56. The maximum absolute atomic E-state index is 4.56. The summed E-state index contributed by atoms with van der Waals surface area (Å²) >= 11 is 4.56. The number of nitrogens with zero attached hydrogens (tertiary/aromatic N) is 2. The molecule has 0 amide bonds. The molecule has 0 aromatic carbocycles. The zero-order valence-electron chi connectivity index (χ0n) is 8.78. The Balaban J connectivity index is 2.69. The first-order valence-corrected chi connectivity index (χ1v) is 5.19. The molecule has 0 aliphatic rings. The van der Waals surface area contributed by atoms with E-state index in [2.05, 4.69) is 38.5 Å². The molecule has 0 fully saturated rings. The molecular weight excluding hydrogens is 180 g/mol. The van der Waals surface area contributed by atoms with Gasteiger partial charge in [-0.15, -0.1) is 0 Å². The predicted octanol–water partition coefficient (Wildman–Crippen LogP) is 2.23. The summed E-state index contributed by atoms with van der Waals surface area (Å²) in [6.45, 7) is 6.50. The van der Waals surface area contributed by atoms with Crippen molar-refractivity contribution >= 4 is 12.6 Å². The van der Waals surface area contributed by atoms with E-state index in [4.69, 9.17) is 0 Å². The molecule has 2 nitrogen and oxygen atoms in total. The molecule has 3 heteroatoms. The van der Waals surface area contributed by atoms with Crippen LogP contribution in [0.5, 0.6) is 0 Å². The van der Waals surface area contributed by atoms with Crippen LogP contribution in [-0.2, 0) is 13.5 Å². The Hall–Kier alpha value is -0.440. The van der Waals surface area contributed by atoms with Gasteiger partial charge < -0.3 is 0 Å². The summed E-state index contributed by atoms with van der Waals surface area (Å²) in [6, 6.07) is 0.